The molecule has 2 heterocycles. The topological polar surface area (TPSA) is 70.3 Å². The van der Waals surface area contributed by atoms with Crippen LogP contribution in [0.2, 0.25) is 0 Å². The second-order valence-corrected chi connectivity index (χ2v) is 3.67. The van der Waals surface area contributed by atoms with Crippen LogP contribution in [0.4, 0.5) is 5.82 Å². The lowest BCUT2D eigenvalue weighted by Crippen LogP contribution is -2.28. The van der Waals surface area contributed by atoms with Gasteiger partial charge in [-0.05, 0) is 36.5 Å². The standard InChI is InChI=1S/C11H11N3O2S/c15-9-4-1-5-12-10(9)14-11(17)13-7-8-3-2-6-16-8/h1-6,15H,7H2,(H2,12,13,14,17). The first-order valence-electron chi connectivity index (χ1n) is 4.97. The van der Waals surface area contributed by atoms with Crippen LogP contribution in [0.3, 0.4) is 0 Å². The van der Waals surface area contributed by atoms with Gasteiger partial charge >= 0.3 is 0 Å². The minimum absolute atomic E-state index is 0.0506. The molecule has 0 saturated carbocycles. The highest BCUT2D eigenvalue weighted by atomic mass is 32.1. The number of anilines is 1. The molecule has 0 aliphatic rings. The third-order valence-corrected chi connectivity index (χ3v) is 2.27. The number of aromatic nitrogens is 1. The van der Waals surface area contributed by atoms with Gasteiger partial charge in [-0.15, -0.1) is 0 Å². The number of nitrogens with zero attached hydrogens (tertiary/aromatic N) is 1. The van der Waals surface area contributed by atoms with Gasteiger partial charge in [-0.2, -0.15) is 0 Å². The third kappa shape index (κ3) is 3.18. The van der Waals surface area contributed by atoms with Crippen LogP contribution in [0, 0.1) is 0 Å². The second kappa shape index (κ2) is 5.31. The van der Waals surface area contributed by atoms with Crippen molar-refractivity contribution in [2.24, 2.45) is 0 Å². The van der Waals surface area contributed by atoms with Crippen LogP contribution in [0.5, 0.6) is 5.75 Å². The van der Waals surface area contributed by atoms with Gasteiger partial charge in [0.25, 0.3) is 0 Å². The molecular weight excluding hydrogens is 238 g/mol. The van der Waals surface area contributed by atoms with E-state index in [0.29, 0.717) is 17.5 Å². The molecule has 0 saturated heterocycles. The van der Waals surface area contributed by atoms with Crippen molar-refractivity contribution in [1.82, 2.24) is 10.3 Å². The number of thiocarbonyl (C=S) groups is 1. The molecule has 0 spiro atoms. The van der Waals surface area contributed by atoms with Crippen molar-refractivity contribution >= 4 is 23.1 Å². The Bertz CT molecular complexity index is 499. The number of pyridine rings is 1. The zero-order valence-corrected chi connectivity index (χ0v) is 9.70. The van der Waals surface area contributed by atoms with Crippen LogP contribution in [-0.2, 0) is 6.54 Å². The molecule has 0 bridgehead atoms. The van der Waals surface area contributed by atoms with E-state index in [4.69, 9.17) is 16.6 Å². The average molecular weight is 249 g/mol. The molecule has 0 radical (unpaired) electrons. The Hall–Kier alpha value is -2.08. The van der Waals surface area contributed by atoms with Crippen LogP contribution >= 0.6 is 12.2 Å². The number of hydrogen-bond donors (Lipinski definition) is 3. The van der Waals surface area contributed by atoms with E-state index in [1.54, 1.807) is 24.6 Å². The molecule has 17 heavy (non-hydrogen) atoms. The summed E-state index contributed by atoms with van der Waals surface area (Å²) in [6.45, 7) is 0.479. The van der Waals surface area contributed by atoms with Gasteiger partial charge in [0.1, 0.15) is 5.76 Å². The Morgan fingerprint density at radius 2 is 2.29 bits per heavy atom. The first-order chi connectivity index (χ1) is 8.25. The first kappa shape index (κ1) is 11.4. The second-order valence-electron chi connectivity index (χ2n) is 3.26. The normalized spacial score (nSPS) is 9.88. The van der Waals surface area contributed by atoms with Gasteiger partial charge < -0.3 is 20.2 Å². The van der Waals surface area contributed by atoms with Gasteiger partial charge in [-0.25, -0.2) is 4.98 Å². The summed E-state index contributed by atoms with van der Waals surface area (Å²) >= 11 is 5.05. The predicted molar refractivity (Wildman–Crippen MR) is 67.7 cm³/mol. The van der Waals surface area contributed by atoms with Crippen molar-refractivity contribution in [2.45, 2.75) is 6.54 Å². The van der Waals surface area contributed by atoms with Crippen molar-refractivity contribution in [3.63, 3.8) is 0 Å². The van der Waals surface area contributed by atoms with E-state index < -0.39 is 0 Å². The number of aromatic hydroxyl groups is 1. The molecule has 2 aromatic heterocycles. The van der Waals surface area contributed by atoms with Crippen LogP contribution < -0.4 is 10.6 Å². The van der Waals surface area contributed by atoms with E-state index >= 15 is 0 Å². The maximum Gasteiger partial charge on any atom is 0.174 e. The Balaban J connectivity index is 1.87. The van der Waals surface area contributed by atoms with Crippen LogP contribution in [0.15, 0.2) is 41.1 Å². The maximum absolute atomic E-state index is 9.48. The fraction of sp³-hybridized carbons (Fsp3) is 0.0909. The summed E-state index contributed by atoms with van der Waals surface area (Å²) < 4.78 is 5.14. The van der Waals surface area contributed by atoms with E-state index in [1.165, 1.54) is 6.07 Å². The average Bonchev–Trinajstić information content (AvgIpc) is 2.82. The molecule has 0 amide bonds. The molecule has 5 nitrogen and oxygen atoms in total. The monoisotopic (exact) mass is 249 g/mol. The number of rotatable bonds is 3. The zero-order valence-electron chi connectivity index (χ0n) is 8.88. The van der Waals surface area contributed by atoms with Crippen molar-refractivity contribution in [3.8, 4) is 5.75 Å². The molecular formula is C11H11N3O2S. The molecule has 2 rings (SSSR count). The molecule has 3 N–H and O–H groups in total. The largest absolute Gasteiger partial charge is 0.504 e. The van der Waals surface area contributed by atoms with E-state index in [-0.39, 0.29) is 5.75 Å². The van der Waals surface area contributed by atoms with Crippen molar-refractivity contribution in [3.05, 3.63) is 42.5 Å². The van der Waals surface area contributed by atoms with Crippen molar-refractivity contribution in [1.29, 1.82) is 0 Å². The first-order valence-corrected chi connectivity index (χ1v) is 5.38. The molecule has 0 atom stereocenters. The van der Waals surface area contributed by atoms with E-state index in [9.17, 15) is 5.11 Å². The molecule has 0 aromatic carbocycles. The van der Waals surface area contributed by atoms with E-state index in [2.05, 4.69) is 15.6 Å². The fourth-order valence-corrected chi connectivity index (χ4v) is 1.39. The molecule has 0 aliphatic carbocycles. The minimum Gasteiger partial charge on any atom is -0.504 e. The lowest BCUT2D eigenvalue weighted by atomic mass is 10.4. The highest BCUT2D eigenvalue weighted by molar-refractivity contribution is 7.80. The SMILES string of the molecule is Oc1cccnc1NC(=S)NCc1ccco1. The molecule has 0 aliphatic heterocycles. The fourth-order valence-electron chi connectivity index (χ4n) is 1.23. The third-order valence-electron chi connectivity index (χ3n) is 2.02. The van der Waals surface area contributed by atoms with Crippen LogP contribution in [0.1, 0.15) is 5.76 Å². The van der Waals surface area contributed by atoms with Crippen molar-refractivity contribution in [2.75, 3.05) is 5.32 Å². The highest BCUT2D eigenvalue weighted by Crippen LogP contribution is 2.17. The Morgan fingerprint density at radius 1 is 1.41 bits per heavy atom. The molecule has 0 fully saturated rings. The maximum atomic E-state index is 9.48. The number of furan rings is 1. The lowest BCUT2D eigenvalue weighted by Gasteiger charge is -2.09. The Morgan fingerprint density at radius 3 is 3.00 bits per heavy atom. The van der Waals surface area contributed by atoms with Crippen LogP contribution in [0.25, 0.3) is 0 Å². The van der Waals surface area contributed by atoms with Crippen molar-refractivity contribution < 1.29 is 9.52 Å². The van der Waals surface area contributed by atoms with Gasteiger partial charge in [0.15, 0.2) is 16.7 Å². The van der Waals surface area contributed by atoms with Gasteiger partial charge in [0.05, 0.1) is 12.8 Å². The molecule has 0 unspecified atom stereocenters. The summed E-state index contributed by atoms with van der Waals surface area (Å²) in [4.78, 5) is 3.95. The molecule has 6 heteroatoms. The number of nitrogens with one attached hydrogen (secondary N) is 2. The van der Waals surface area contributed by atoms with Gasteiger partial charge in [0.2, 0.25) is 0 Å². The van der Waals surface area contributed by atoms with E-state index in [0.717, 1.165) is 5.76 Å². The summed E-state index contributed by atoms with van der Waals surface area (Å²) in [7, 11) is 0. The zero-order chi connectivity index (χ0) is 12.1. The quantitative estimate of drug-likeness (QED) is 0.721. The molecule has 88 valence electrons. The Labute approximate surface area is 103 Å². The summed E-state index contributed by atoms with van der Waals surface area (Å²) in [5.74, 6) is 1.15. The summed E-state index contributed by atoms with van der Waals surface area (Å²) in [6, 6.07) is 6.82. The highest BCUT2D eigenvalue weighted by Gasteiger charge is 2.03. The minimum atomic E-state index is 0.0506. The van der Waals surface area contributed by atoms with Gasteiger partial charge in [-0.3, -0.25) is 0 Å². The lowest BCUT2D eigenvalue weighted by molar-refractivity contribution is 0.475. The Kier molecular flexibility index (Phi) is 3.56. The number of hydrogen-bond acceptors (Lipinski definition) is 4. The smallest absolute Gasteiger partial charge is 0.174 e. The van der Waals surface area contributed by atoms with Crippen LogP contribution in [-0.4, -0.2) is 15.2 Å². The summed E-state index contributed by atoms with van der Waals surface area (Å²) in [5, 5.41) is 15.6. The van der Waals surface area contributed by atoms with Gasteiger partial charge in [-0.1, -0.05) is 0 Å². The van der Waals surface area contributed by atoms with E-state index in [1.807, 2.05) is 6.07 Å². The predicted octanol–water partition coefficient (Wildman–Crippen LogP) is 1.87. The summed E-state index contributed by atoms with van der Waals surface area (Å²) in [5.41, 5.74) is 0. The summed E-state index contributed by atoms with van der Waals surface area (Å²) in [6.07, 6.45) is 3.16. The molecule has 2 aromatic rings. The van der Waals surface area contributed by atoms with Gasteiger partial charge in [0, 0.05) is 6.20 Å².